The Morgan fingerprint density at radius 1 is 1.09 bits per heavy atom. The summed E-state index contributed by atoms with van der Waals surface area (Å²) in [6.07, 6.45) is 5.34. The maximum absolute atomic E-state index is 13.2. The number of primary amides is 1. The van der Waals surface area contributed by atoms with Crippen molar-refractivity contribution in [3.63, 3.8) is 0 Å². The first-order valence-electron chi connectivity index (χ1n) is 15.9. The minimum absolute atomic E-state index is 0.00973. The molecule has 11 nitrogen and oxygen atoms in total. The summed E-state index contributed by atoms with van der Waals surface area (Å²) in [4.78, 5) is 53.2. The maximum Gasteiger partial charge on any atom is 0.306 e. The highest BCUT2D eigenvalue weighted by molar-refractivity contribution is 6.01. The minimum atomic E-state index is -0.904. The molecule has 0 bridgehead atoms. The normalized spacial score (nSPS) is 19.3. The number of aromatic nitrogens is 2. The Kier molecular flexibility index (Phi) is 8.63. The highest BCUT2D eigenvalue weighted by Crippen LogP contribution is 2.31. The van der Waals surface area contributed by atoms with Gasteiger partial charge in [-0.05, 0) is 87.9 Å². The van der Waals surface area contributed by atoms with Gasteiger partial charge in [-0.3, -0.25) is 19.3 Å². The van der Waals surface area contributed by atoms with Crippen LogP contribution in [0.3, 0.4) is 0 Å². The van der Waals surface area contributed by atoms with E-state index in [0.29, 0.717) is 11.3 Å². The molecule has 2 saturated heterocycles. The van der Waals surface area contributed by atoms with Crippen molar-refractivity contribution in [2.45, 2.75) is 83.7 Å². The fourth-order valence-corrected chi connectivity index (χ4v) is 6.47. The van der Waals surface area contributed by atoms with E-state index < -0.39 is 23.5 Å². The average Bonchev–Trinajstić information content (AvgIpc) is 3.74. The van der Waals surface area contributed by atoms with E-state index in [1.165, 1.54) is 23.3 Å². The van der Waals surface area contributed by atoms with E-state index in [0.717, 1.165) is 61.6 Å². The molecule has 3 aliphatic heterocycles. The first-order valence-corrected chi connectivity index (χ1v) is 15.9. The Balaban J connectivity index is 1.04. The van der Waals surface area contributed by atoms with Crippen molar-refractivity contribution in [3.8, 4) is 5.75 Å². The van der Waals surface area contributed by atoms with Crippen molar-refractivity contribution < 1.29 is 23.9 Å². The van der Waals surface area contributed by atoms with Crippen molar-refractivity contribution in [3.05, 3.63) is 59.3 Å². The SMILES string of the molecule is CC(C)(C)OC(=O)CC[C@@H](C(N)=O)N1Cc2cc(O[C@H]3CCN(Cc4ccc5nc(N6CCCC6)ncc5c4)C3)ccc2C1=O. The van der Waals surface area contributed by atoms with Gasteiger partial charge in [0.25, 0.3) is 5.91 Å². The Labute approximate surface area is 263 Å². The number of nitrogens with two attached hydrogens (primary N) is 1. The van der Waals surface area contributed by atoms with Crippen LogP contribution in [-0.2, 0) is 27.4 Å². The number of esters is 1. The molecule has 2 fully saturated rings. The Morgan fingerprint density at radius 2 is 1.89 bits per heavy atom. The molecule has 3 aromatic rings. The molecule has 238 valence electrons. The number of ether oxygens (including phenoxy) is 2. The molecule has 6 rings (SSSR count). The van der Waals surface area contributed by atoms with Gasteiger partial charge < -0.3 is 25.0 Å². The van der Waals surface area contributed by atoms with E-state index in [-0.39, 0.29) is 31.4 Å². The van der Waals surface area contributed by atoms with Gasteiger partial charge in [-0.15, -0.1) is 0 Å². The topological polar surface area (TPSA) is 131 Å². The molecular formula is C34H42N6O5. The van der Waals surface area contributed by atoms with Crippen LogP contribution in [0.25, 0.3) is 10.9 Å². The van der Waals surface area contributed by atoms with Gasteiger partial charge in [-0.1, -0.05) is 6.07 Å². The molecule has 1 aromatic heterocycles. The van der Waals surface area contributed by atoms with E-state index in [1.54, 1.807) is 26.8 Å². The third-order valence-corrected chi connectivity index (χ3v) is 8.61. The molecule has 2 atom stereocenters. The van der Waals surface area contributed by atoms with E-state index in [2.05, 4.69) is 33.0 Å². The molecule has 0 unspecified atom stereocenters. The number of amides is 2. The number of hydrogen-bond acceptors (Lipinski definition) is 9. The van der Waals surface area contributed by atoms with Gasteiger partial charge >= 0.3 is 5.97 Å². The van der Waals surface area contributed by atoms with Crippen molar-refractivity contribution in [2.75, 3.05) is 31.1 Å². The van der Waals surface area contributed by atoms with Gasteiger partial charge in [0.2, 0.25) is 11.9 Å². The standard InChI is InChI=1S/C34H42N6O5/c1-34(2,3)45-30(41)11-10-29(31(35)42)40-20-24-17-25(7-8-27(24)32(40)43)44-26-12-15-38(21-26)19-22-6-9-28-23(16-22)18-36-33(37-28)39-13-4-5-14-39/h6-9,16-18,26,29H,4-5,10-15,19-21H2,1-3H3,(H2,35,42)/t26-,29-/m0/s1. The summed E-state index contributed by atoms with van der Waals surface area (Å²) in [5, 5.41) is 1.05. The third-order valence-electron chi connectivity index (χ3n) is 8.61. The molecule has 0 aliphatic carbocycles. The van der Waals surface area contributed by atoms with Gasteiger partial charge in [0.1, 0.15) is 23.5 Å². The van der Waals surface area contributed by atoms with Crippen LogP contribution in [0.1, 0.15) is 74.4 Å². The van der Waals surface area contributed by atoms with Crippen LogP contribution in [0.15, 0.2) is 42.6 Å². The summed E-state index contributed by atoms with van der Waals surface area (Å²) in [5.74, 6) is 0.163. The first kappa shape index (κ1) is 30.8. The summed E-state index contributed by atoms with van der Waals surface area (Å²) < 4.78 is 11.7. The molecule has 0 radical (unpaired) electrons. The largest absolute Gasteiger partial charge is 0.489 e. The van der Waals surface area contributed by atoms with Crippen molar-refractivity contribution in [1.82, 2.24) is 19.8 Å². The van der Waals surface area contributed by atoms with E-state index in [4.69, 9.17) is 20.2 Å². The van der Waals surface area contributed by atoms with Gasteiger partial charge in [-0.2, -0.15) is 0 Å². The molecular weight excluding hydrogens is 572 g/mol. The quantitative estimate of drug-likeness (QED) is 0.339. The van der Waals surface area contributed by atoms with Gasteiger partial charge in [-0.25, -0.2) is 9.97 Å². The number of hydrogen-bond donors (Lipinski definition) is 1. The molecule has 3 aliphatic rings. The lowest BCUT2D eigenvalue weighted by Crippen LogP contribution is -2.45. The number of carbonyl (C=O) groups is 3. The van der Waals surface area contributed by atoms with Gasteiger partial charge in [0.05, 0.1) is 5.52 Å². The van der Waals surface area contributed by atoms with Crippen LogP contribution in [0.5, 0.6) is 5.75 Å². The highest BCUT2D eigenvalue weighted by atomic mass is 16.6. The fraction of sp³-hybridized carbons (Fsp3) is 0.500. The Hall–Kier alpha value is -4.25. The number of nitrogens with zero attached hydrogens (tertiary/aromatic N) is 5. The molecule has 2 aromatic carbocycles. The summed E-state index contributed by atoms with van der Waals surface area (Å²) in [6.45, 7) is 10.2. The van der Waals surface area contributed by atoms with Crippen LogP contribution in [0.4, 0.5) is 5.95 Å². The van der Waals surface area contributed by atoms with Crippen LogP contribution in [0.2, 0.25) is 0 Å². The second-order valence-electron chi connectivity index (χ2n) is 13.3. The lowest BCUT2D eigenvalue weighted by Gasteiger charge is -2.25. The van der Waals surface area contributed by atoms with Crippen LogP contribution in [-0.4, -0.2) is 81.5 Å². The third kappa shape index (κ3) is 7.19. The van der Waals surface area contributed by atoms with Crippen LogP contribution < -0.4 is 15.4 Å². The second kappa shape index (κ2) is 12.6. The Bertz CT molecular complexity index is 1600. The van der Waals surface area contributed by atoms with E-state index in [1.807, 2.05) is 18.3 Å². The molecule has 11 heteroatoms. The zero-order valence-corrected chi connectivity index (χ0v) is 26.3. The summed E-state index contributed by atoms with van der Waals surface area (Å²) in [7, 11) is 0. The number of likely N-dealkylation sites (tertiary alicyclic amines) is 1. The summed E-state index contributed by atoms with van der Waals surface area (Å²) >= 11 is 0. The maximum atomic E-state index is 13.2. The lowest BCUT2D eigenvalue weighted by molar-refractivity contribution is -0.155. The van der Waals surface area contributed by atoms with Crippen molar-refractivity contribution in [2.24, 2.45) is 5.73 Å². The summed E-state index contributed by atoms with van der Waals surface area (Å²) in [6, 6.07) is 10.9. The molecule has 2 amide bonds. The first-order chi connectivity index (χ1) is 21.5. The zero-order chi connectivity index (χ0) is 31.7. The lowest BCUT2D eigenvalue weighted by atomic mass is 10.1. The predicted octanol–water partition coefficient (Wildman–Crippen LogP) is 3.81. The fourth-order valence-electron chi connectivity index (χ4n) is 6.47. The number of benzene rings is 2. The van der Waals surface area contributed by atoms with Crippen molar-refractivity contribution in [1.29, 1.82) is 0 Å². The molecule has 45 heavy (non-hydrogen) atoms. The predicted molar refractivity (Wildman–Crippen MR) is 170 cm³/mol. The zero-order valence-electron chi connectivity index (χ0n) is 26.3. The van der Waals surface area contributed by atoms with Crippen LogP contribution in [0, 0.1) is 0 Å². The van der Waals surface area contributed by atoms with Gasteiger partial charge in [0.15, 0.2) is 0 Å². The molecule has 4 heterocycles. The smallest absolute Gasteiger partial charge is 0.306 e. The number of fused-ring (bicyclic) bond motifs is 2. The number of anilines is 1. The number of rotatable bonds is 10. The van der Waals surface area contributed by atoms with Gasteiger partial charge in [0, 0.05) is 62.8 Å². The number of carbonyl (C=O) groups excluding carboxylic acids is 3. The molecule has 2 N–H and O–H groups in total. The second-order valence-corrected chi connectivity index (χ2v) is 13.3. The summed E-state index contributed by atoms with van der Waals surface area (Å²) in [5.41, 5.74) is 8.52. The Morgan fingerprint density at radius 3 is 2.64 bits per heavy atom. The molecule has 0 spiro atoms. The van der Waals surface area contributed by atoms with E-state index in [9.17, 15) is 14.4 Å². The van der Waals surface area contributed by atoms with Crippen molar-refractivity contribution >= 4 is 34.6 Å². The highest BCUT2D eigenvalue weighted by Gasteiger charge is 2.36. The van der Waals surface area contributed by atoms with Crippen LogP contribution >= 0.6 is 0 Å². The molecule has 0 saturated carbocycles. The van der Waals surface area contributed by atoms with E-state index >= 15 is 0 Å². The monoisotopic (exact) mass is 614 g/mol. The minimum Gasteiger partial charge on any atom is -0.489 e. The average molecular weight is 615 g/mol.